The SMILES string of the molecule is O=C(Oc1ccc2ccccc2c1/C=N/NC(=S)Nc1ccc(F)cc1)c1ccccc1Cl. The summed E-state index contributed by atoms with van der Waals surface area (Å²) in [6.45, 7) is 0. The molecule has 0 fully saturated rings. The molecule has 33 heavy (non-hydrogen) atoms. The number of carbonyl (C=O) groups is 1. The minimum absolute atomic E-state index is 0.215. The van der Waals surface area contributed by atoms with Crippen molar-refractivity contribution in [2.24, 2.45) is 5.10 Å². The zero-order valence-electron chi connectivity index (χ0n) is 17.1. The van der Waals surface area contributed by atoms with Crippen LogP contribution in [-0.2, 0) is 0 Å². The van der Waals surface area contributed by atoms with Crippen LogP contribution in [-0.4, -0.2) is 17.3 Å². The van der Waals surface area contributed by atoms with E-state index in [2.05, 4.69) is 15.8 Å². The maximum Gasteiger partial charge on any atom is 0.345 e. The molecule has 0 amide bonds. The lowest BCUT2D eigenvalue weighted by Crippen LogP contribution is -2.23. The number of hydrogen-bond acceptors (Lipinski definition) is 4. The lowest BCUT2D eigenvalue weighted by Gasteiger charge is -2.11. The molecule has 0 aromatic heterocycles. The van der Waals surface area contributed by atoms with Crippen molar-refractivity contribution >= 4 is 57.6 Å². The topological polar surface area (TPSA) is 62.7 Å². The van der Waals surface area contributed by atoms with Crippen LogP contribution in [0.5, 0.6) is 5.75 Å². The van der Waals surface area contributed by atoms with Gasteiger partial charge in [0, 0.05) is 11.3 Å². The van der Waals surface area contributed by atoms with Crippen LogP contribution in [0, 0.1) is 5.82 Å². The molecule has 0 aliphatic carbocycles. The Morgan fingerprint density at radius 3 is 2.48 bits per heavy atom. The van der Waals surface area contributed by atoms with Crippen LogP contribution in [0.1, 0.15) is 15.9 Å². The molecule has 0 unspecified atom stereocenters. The second-order valence-electron chi connectivity index (χ2n) is 6.90. The quantitative estimate of drug-likeness (QED) is 0.118. The average molecular weight is 478 g/mol. The minimum atomic E-state index is -0.577. The van der Waals surface area contributed by atoms with E-state index in [1.54, 1.807) is 42.5 Å². The van der Waals surface area contributed by atoms with E-state index < -0.39 is 5.97 Å². The summed E-state index contributed by atoms with van der Waals surface area (Å²) in [4.78, 5) is 12.7. The summed E-state index contributed by atoms with van der Waals surface area (Å²) in [7, 11) is 0. The Kier molecular flexibility index (Phi) is 6.92. The van der Waals surface area contributed by atoms with Gasteiger partial charge in [0.15, 0.2) is 5.11 Å². The number of carbonyl (C=O) groups excluding carboxylic acids is 1. The van der Waals surface area contributed by atoms with Gasteiger partial charge in [-0.15, -0.1) is 0 Å². The van der Waals surface area contributed by atoms with Crippen LogP contribution in [0.15, 0.2) is 90.0 Å². The molecule has 164 valence electrons. The van der Waals surface area contributed by atoms with E-state index in [1.807, 2.05) is 30.3 Å². The van der Waals surface area contributed by atoms with Crippen LogP contribution in [0.4, 0.5) is 10.1 Å². The van der Waals surface area contributed by atoms with Crippen LogP contribution >= 0.6 is 23.8 Å². The number of rotatable bonds is 5. The number of hydrogen-bond donors (Lipinski definition) is 2. The van der Waals surface area contributed by atoms with E-state index in [0.717, 1.165) is 10.8 Å². The van der Waals surface area contributed by atoms with E-state index in [4.69, 9.17) is 28.6 Å². The van der Waals surface area contributed by atoms with Gasteiger partial charge in [-0.3, -0.25) is 5.43 Å². The molecule has 4 rings (SSSR count). The molecular weight excluding hydrogens is 461 g/mol. The number of benzene rings is 4. The standard InChI is InChI=1S/C25H17ClFN3O2S/c26-22-8-4-3-7-20(22)24(31)32-23-14-9-16-5-1-2-6-19(16)21(23)15-28-30-25(33)29-18-12-10-17(27)11-13-18/h1-15H,(H2,29,30,33)/b28-15+. The van der Waals surface area contributed by atoms with Gasteiger partial charge in [-0.25, -0.2) is 9.18 Å². The number of thiocarbonyl (C=S) groups is 1. The van der Waals surface area contributed by atoms with Gasteiger partial charge >= 0.3 is 5.97 Å². The summed E-state index contributed by atoms with van der Waals surface area (Å²) < 4.78 is 18.7. The number of fused-ring (bicyclic) bond motifs is 1. The number of hydrazone groups is 1. The smallest absolute Gasteiger partial charge is 0.345 e. The van der Waals surface area contributed by atoms with Gasteiger partial charge in [0.25, 0.3) is 0 Å². The predicted molar refractivity (Wildman–Crippen MR) is 134 cm³/mol. The second kappa shape index (κ2) is 10.2. The normalized spacial score (nSPS) is 10.8. The first-order valence-corrected chi connectivity index (χ1v) is 10.6. The average Bonchev–Trinajstić information content (AvgIpc) is 2.82. The lowest BCUT2D eigenvalue weighted by atomic mass is 10.0. The molecule has 0 atom stereocenters. The van der Waals surface area contributed by atoms with E-state index >= 15 is 0 Å². The van der Waals surface area contributed by atoms with Crippen molar-refractivity contribution < 1.29 is 13.9 Å². The van der Waals surface area contributed by atoms with Gasteiger partial charge in [-0.05, 0) is 65.5 Å². The molecule has 4 aromatic rings. The van der Waals surface area contributed by atoms with Gasteiger partial charge in [0.2, 0.25) is 0 Å². The number of nitrogens with one attached hydrogen (secondary N) is 2. The summed E-state index contributed by atoms with van der Waals surface area (Å²) in [5, 5.41) is 9.40. The molecule has 0 aliphatic rings. The van der Waals surface area contributed by atoms with Gasteiger partial charge < -0.3 is 10.1 Å². The zero-order valence-corrected chi connectivity index (χ0v) is 18.7. The fraction of sp³-hybridized carbons (Fsp3) is 0. The summed E-state index contributed by atoms with van der Waals surface area (Å²) >= 11 is 11.4. The van der Waals surface area contributed by atoms with E-state index in [1.165, 1.54) is 18.3 Å². The molecule has 0 saturated carbocycles. The van der Waals surface area contributed by atoms with Gasteiger partial charge in [-0.1, -0.05) is 54.1 Å². The maximum absolute atomic E-state index is 13.1. The Balaban J connectivity index is 1.57. The molecule has 0 heterocycles. The third-order valence-corrected chi connectivity index (χ3v) is 5.21. The highest BCUT2D eigenvalue weighted by atomic mass is 35.5. The Bertz CT molecular complexity index is 1360. The van der Waals surface area contributed by atoms with Crippen LogP contribution in [0.25, 0.3) is 10.8 Å². The van der Waals surface area contributed by atoms with Gasteiger partial charge in [0.05, 0.1) is 16.8 Å². The van der Waals surface area contributed by atoms with Crippen molar-refractivity contribution in [2.75, 3.05) is 5.32 Å². The molecule has 5 nitrogen and oxygen atoms in total. The highest BCUT2D eigenvalue weighted by molar-refractivity contribution is 7.80. The number of halogens is 2. The monoisotopic (exact) mass is 477 g/mol. The Morgan fingerprint density at radius 1 is 0.970 bits per heavy atom. The van der Waals surface area contributed by atoms with Crippen molar-refractivity contribution in [2.45, 2.75) is 0 Å². The lowest BCUT2D eigenvalue weighted by molar-refractivity contribution is 0.0735. The zero-order chi connectivity index (χ0) is 23.2. The number of esters is 1. The van der Waals surface area contributed by atoms with E-state index in [-0.39, 0.29) is 16.5 Å². The molecule has 0 spiro atoms. The van der Waals surface area contributed by atoms with Crippen molar-refractivity contribution in [3.05, 3.63) is 107 Å². The van der Waals surface area contributed by atoms with Gasteiger partial charge in [-0.2, -0.15) is 5.10 Å². The third kappa shape index (κ3) is 5.52. The molecule has 2 N–H and O–H groups in total. The van der Waals surface area contributed by atoms with E-state index in [0.29, 0.717) is 22.0 Å². The molecule has 0 radical (unpaired) electrons. The summed E-state index contributed by atoms with van der Waals surface area (Å²) in [6, 6.07) is 23.6. The number of ether oxygens (including phenoxy) is 1. The van der Waals surface area contributed by atoms with Crippen LogP contribution in [0.2, 0.25) is 5.02 Å². The summed E-state index contributed by atoms with van der Waals surface area (Å²) in [6.07, 6.45) is 1.52. The summed E-state index contributed by atoms with van der Waals surface area (Å²) in [5.41, 5.74) is 4.18. The van der Waals surface area contributed by atoms with E-state index in [9.17, 15) is 9.18 Å². The number of nitrogens with zero attached hydrogens (tertiary/aromatic N) is 1. The highest BCUT2D eigenvalue weighted by Gasteiger charge is 2.15. The Hall–Kier alpha value is -3.81. The van der Waals surface area contributed by atoms with Crippen LogP contribution < -0.4 is 15.5 Å². The molecule has 0 aliphatic heterocycles. The second-order valence-corrected chi connectivity index (χ2v) is 7.71. The van der Waals surface area contributed by atoms with Gasteiger partial charge in [0.1, 0.15) is 11.6 Å². The molecule has 8 heteroatoms. The fourth-order valence-corrected chi connectivity index (χ4v) is 3.51. The molecule has 4 aromatic carbocycles. The number of anilines is 1. The fourth-order valence-electron chi connectivity index (χ4n) is 3.13. The van der Waals surface area contributed by atoms with Crippen molar-refractivity contribution in [3.8, 4) is 5.75 Å². The van der Waals surface area contributed by atoms with Crippen molar-refractivity contribution in [1.29, 1.82) is 0 Å². The van der Waals surface area contributed by atoms with Crippen molar-refractivity contribution in [3.63, 3.8) is 0 Å². The Labute approximate surface area is 199 Å². The first-order valence-electron chi connectivity index (χ1n) is 9.85. The Morgan fingerprint density at radius 2 is 1.70 bits per heavy atom. The maximum atomic E-state index is 13.1. The molecular formula is C25H17ClFN3O2S. The van der Waals surface area contributed by atoms with Crippen LogP contribution in [0.3, 0.4) is 0 Å². The van der Waals surface area contributed by atoms with Crippen molar-refractivity contribution in [1.82, 2.24) is 5.43 Å². The molecule has 0 saturated heterocycles. The first kappa shape index (κ1) is 22.4. The third-order valence-electron chi connectivity index (χ3n) is 4.69. The predicted octanol–water partition coefficient (Wildman–Crippen LogP) is 6.17. The minimum Gasteiger partial charge on any atom is -0.422 e. The highest BCUT2D eigenvalue weighted by Crippen LogP contribution is 2.28. The largest absolute Gasteiger partial charge is 0.422 e. The molecule has 0 bridgehead atoms. The summed E-state index contributed by atoms with van der Waals surface area (Å²) in [5.74, 6) is -0.596. The first-order chi connectivity index (χ1) is 16.0.